The minimum absolute atomic E-state index is 0.0177. The summed E-state index contributed by atoms with van der Waals surface area (Å²) in [7, 11) is -2.23. The van der Waals surface area contributed by atoms with E-state index in [1.807, 2.05) is 0 Å². The number of benzene rings is 3. The van der Waals surface area contributed by atoms with Crippen LogP contribution < -0.4 is 14.8 Å². The summed E-state index contributed by atoms with van der Waals surface area (Å²) in [6.07, 6.45) is 0. The first kappa shape index (κ1) is 22.0. The minimum Gasteiger partial charge on any atom is -0.505 e. The number of fused-ring (bicyclic) bond motifs is 6. The van der Waals surface area contributed by atoms with Gasteiger partial charge in [-0.15, -0.1) is 0 Å². The first-order valence-corrected chi connectivity index (χ1v) is 11.0. The van der Waals surface area contributed by atoms with Crippen molar-refractivity contribution in [3.8, 4) is 22.6 Å². The molecule has 1 aliphatic heterocycles. The lowest BCUT2D eigenvalue weighted by Crippen LogP contribution is -2.36. The Morgan fingerprint density at radius 1 is 1.12 bits per heavy atom. The van der Waals surface area contributed by atoms with Gasteiger partial charge in [0.1, 0.15) is 28.9 Å². The van der Waals surface area contributed by atoms with E-state index in [2.05, 4.69) is 10.0 Å². The van der Waals surface area contributed by atoms with E-state index in [1.165, 1.54) is 18.2 Å². The summed E-state index contributed by atoms with van der Waals surface area (Å²) < 4.78 is 50.3. The van der Waals surface area contributed by atoms with Gasteiger partial charge in [-0.05, 0) is 31.2 Å². The molecular formula is C22H17ClF2N2O4S. The highest BCUT2D eigenvalue weighted by Crippen LogP contribution is 2.36. The standard InChI is InChI=1S/C22H17ClF2N2O4S/c1-11-10-31-19-5-3-2-4-13(19)14-8-18(17(25)9-16(14)24)27-32(30)20-7-12(22(29)26-11)6-15(23)21(20)28/h2-9,11,27-28H,10H2,1H3,(H,26,29)/t11-,32?/m0/s1. The van der Waals surface area contributed by atoms with Gasteiger partial charge in [0.25, 0.3) is 5.91 Å². The highest BCUT2D eigenvalue weighted by atomic mass is 35.5. The summed E-state index contributed by atoms with van der Waals surface area (Å²) in [4.78, 5) is 12.4. The first-order valence-electron chi connectivity index (χ1n) is 9.47. The molecule has 6 nitrogen and oxygen atoms in total. The van der Waals surface area contributed by atoms with E-state index in [4.69, 9.17) is 16.3 Å². The topological polar surface area (TPSA) is 87.7 Å². The Bertz CT molecular complexity index is 1250. The number of nitrogens with one attached hydrogen (secondary N) is 2. The molecule has 0 radical (unpaired) electrons. The second-order valence-electron chi connectivity index (χ2n) is 7.17. The molecule has 0 saturated heterocycles. The van der Waals surface area contributed by atoms with Crippen LogP contribution in [-0.2, 0) is 11.0 Å². The van der Waals surface area contributed by atoms with E-state index in [0.717, 1.165) is 0 Å². The van der Waals surface area contributed by atoms with Crippen LogP contribution in [0.3, 0.4) is 0 Å². The molecule has 166 valence electrons. The molecule has 32 heavy (non-hydrogen) atoms. The van der Waals surface area contributed by atoms with Gasteiger partial charge in [0, 0.05) is 22.8 Å². The van der Waals surface area contributed by atoms with Gasteiger partial charge < -0.3 is 15.2 Å². The van der Waals surface area contributed by atoms with Crippen LogP contribution >= 0.6 is 11.6 Å². The quantitative estimate of drug-likeness (QED) is 0.439. The van der Waals surface area contributed by atoms with Crippen LogP contribution in [0.4, 0.5) is 14.5 Å². The van der Waals surface area contributed by atoms with Crippen molar-refractivity contribution in [2.75, 3.05) is 11.3 Å². The van der Waals surface area contributed by atoms with Crippen molar-refractivity contribution in [3.63, 3.8) is 0 Å². The van der Waals surface area contributed by atoms with Crippen LogP contribution in [-0.4, -0.2) is 27.9 Å². The van der Waals surface area contributed by atoms with Crippen LogP contribution in [0.25, 0.3) is 11.1 Å². The van der Waals surface area contributed by atoms with Crippen LogP contribution in [0.1, 0.15) is 17.3 Å². The second-order valence-corrected chi connectivity index (χ2v) is 8.76. The van der Waals surface area contributed by atoms with Gasteiger partial charge in [0.2, 0.25) is 0 Å². The van der Waals surface area contributed by atoms with Crippen molar-refractivity contribution in [3.05, 3.63) is 70.8 Å². The number of ether oxygens (including phenoxy) is 1. The average molecular weight is 479 g/mol. The maximum absolute atomic E-state index is 14.7. The van der Waals surface area contributed by atoms with Gasteiger partial charge in [-0.3, -0.25) is 9.52 Å². The van der Waals surface area contributed by atoms with Gasteiger partial charge in [-0.25, -0.2) is 13.0 Å². The summed E-state index contributed by atoms with van der Waals surface area (Å²) in [5, 5.41) is 12.8. The predicted molar refractivity (Wildman–Crippen MR) is 117 cm³/mol. The molecule has 1 unspecified atom stereocenters. The van der Waals surface area contributed by atoms with E-state index in [1.54, 1.807) is 31.2 Å². The Morgan fingerprint density at radius 2 is 1.88 bits per heavy atom. The van der Waals surface area contributed by atoms with E-state index in [-0.39, 0.29) is 33.3 Å². The Hall–Kier alpha value is -3.17. The molecule has 0 aromatic heterocycles. The smallest absolute Gasteiger partial charge is 0.251 e. The van der Waals surface area contributed by atoms with Gasteiger partial charge in [-0.1, -0.05) is 29.8 Å². The normalized spacial score (nSPS) is 18.3. The SMILES string of the molecule is C[C@H]1COc2ccccc2-c2cc(c(F)cc2F)NS(=O)c2cc(cc(Cl)c2O)C(=O)N1. The number of hydrogen-bond donors (Lipinski definition) is 3. The molecular weight excluding hydrogens is 462 g/mol. The molecule has 3 aromatic carbocycles. The van der Waals surface area contributed by atoms with E-state index < -0.39 is 40.3 Å². The molecule has 1 amide bonds. The highest BCUT2D eigenvalue weighted by Gasteiger charge is 2.22. The van der Waals surface area contributed by atoms with Gasteiger partial charge in [-0.2, -0.15) is 0 Å². The summed E-state index contributed by atoms with van der Waals surface area (Å²) in [6.45, 7) is 1.76. The Morgan fingerprint density at radius 3 is 2.66 bits per heavy atom. The molecule has 0 aliphatic carbocycles. The number of phenols is 1. The molecule has 3 N–H and O–H groups in total. The summed E-state index contributed by atoms with van der Waals surface area (Å²) >= 11 is 6.02. The maximum atomic E-state index is 14.7. The van der Waals surface area contributed by atoms with Crippen molar-refractivity contribution < 1.29 is 27.6 Å². The Kier molecular flexibility index (Phi) is 6.03. The molecule has 4 rings (SSSR count). The summed E-state index contributed by atoms with van der Waals surface area (Å²) in [5.41, 5.74) is 0.131. The number of rotatable bonds is 0. The fraction of sp³-hybridized carbons (Fsp3) is 0.136. The third-order valence-corrected chi connectivity index (χ3v) is 6.20. The van der Waals surface area contributed by atoms with E-state index in [0.29, 0.717) is 17.4 Å². The monoisotopic (exact) mass is 478 g/mol. The van der Waals surface area contributed by atoms with Crippen LogP contribution in [0, 0.1) is 11.6 Å². The van der Waals surface area contributed by atoms with Crippen molar-refractivity contribution in [1.29, 1.82) is 0 Å². The zero-order chi connectivity index (χ0) is 23.0. The summed E-state index contributed by atoms with van der Waals surface area (Å²) in [5.74, 6) is -2.57. The second kappa shape index (κ2) is 8.76. The molecule has 1 aliphatic rings. The first-order chi connectivity index (χ1) is 15.2. The largest absolute Gasteiger partial charge is 0.505 e. The lowest BCUT2D eigenvalue weighted by atomic mass is 10.0. The Balaban J connectivity index is 1.90. The van der Waals surface area contributed by atoms with Crippen molar-refractivity contribution >= 4 is 34.2 Å². The average Bonchev–Trinajstić information content (AvgIpc) is 2.75. The molecule has 0 spiro atoms. The number of carbonyl (C=O) groups excluding carboxylic acids is 1. The number of para-hydroxylation sites is 1. The number of hydrogen-bond acceptors (Lipinski definition) is 4. The molecule has 0 saturated carbocycles. The zero-order valence-electron chi connectivity index (χ0n) is 16.6. The number of aromatic hydroxyl groups is 1. The number of anilines is 1. The lowest BCUT2D eigenvalue weighted by Gasteiger charge is -2.17. The highest BCUT2D eigenvalue weighted by molar-refractivity contribution is 7.86. The zero-order valence-corrected chi connectivity index (χ0v) is 18.2. The molecule has 1 heterocycles. The number of phenolic OH excluding ortho intramolecular Hbond substituents is 1. The fourth-order valence-electron chi connectivity index (χ4n) is 3.21. The Labute approximate surface area is 189 Å². The fourth-order valence-corrected chi connectivity index (χ4v) is 4.47. The van der Waals surface area contributed by atoms with E-state index in [9.17, 15) is 22.9 Å². The van der Waals surface area contributed by atoms with Crippen LogP contribution in [0.15, 0.2) is 53.4 Å². The lowest BCUT2D eigenvalue weighted by molar-refractivity contribution is 0.0926. The third kappa shape index (κ3) is 4.26. The molecule has 4 bridgehead atoms. The molecule has 10 heteroatoms. The molecule has 3 aromatic rings. The minimum atomic E-state index is -2.23. The third-order valence-electron chi connectivity index (χ3n) is 4.79. The van der Waals surface area contributed by atoms with Gasteiger partial charge in [0.15, 0.2) is 16.7 Å². The molecule has 0 fully saturated rings. The predicted octanol–water partition coefficient (Wildman–Crippen LogP) is 4.64. The maximum Gasteiger partial charge on any atom is 0.251 e. The van der Waals surface area contributed by atoms with Crippen molar-refractivity contribution in [1.82, 2.24) is 5.32 Å². The number of halogens is 3. The van der Waals surface area contributed by atoms with Crippen molar-refractivity contribution in [2.45, 2.75) is 17.9 Å². The summed E-state index contributed by atoms with van der Waals surface area (Å²) in [6, 6.07) is 10.4. The molecule has 2 atom stereocenters. The van der Waals surface area contributed by atoms with Gasteiger partial charge >= 0.3 is 0 Å². The van der Waals surface area contributed by atoms with Gasteiger partial charge in [0.05, 0.1) is 16.8 Å². The number of amides is 1. The van der Waals surface area contributed by atoms with Crippen molar-refractivity contribution in [2.24, 2.45) is 0 Å². The van der Waals surface area contributed by atoms with E-state index >= 15 is 0 Å². The number of carbonyl (C=O) groups is 1. The van der Waals surface area contributed by atoms with Crippen LogP contribution in [0.5, 0.6) is 11.5 Å². The van der Waals surface area contributed by atoms with Crippen LogP contribution in [0.2, 0.25) is 5.02 Å².